The molecule has 9 heteroatoms. The number of hydrogen-bond donors (Lipinski definition) is 2. The number of aromatic carboxylic acids is 1. The van der Waals surface area contributed by atoms with E-state index in [-0.39, 0.29) is 16.2 Å². The van der Waals surface area contributed by atoms with E-state index < -0.39 is 23.6 Å². The second-order valence-electron chi connectivity index (χ2n) is 7.90. The van der Waals surface area contributed by atoms with Gasteiger partial charge in [0.2, 0.25) is 0 Å². The molecule has 1 saturated heterocycles. The van der Waals surface area contributed by atoms with Gasteiger partial charge < -0.3 is 9.67 Å². The van der Waals surface area contributed by atoms with Crippen LogP contribution in [0.15, 0.2) is 54.1 Å². The molecule has 1 aliphatic heterocycles. The van der Waals surface area contributed by atoms with Gasteiger partial charge in [-0.2, -0.15) is 0 Å². The van der Waals surface area contributed by atoms with Gasteiger partial charge in [-0.05, 0) is 92.7 Å². The van der Waals surface area contributed by atoms with Gasteiger partial charge >= 0.3 is 5.97 Å². The van der Waals surface area contributed by atoms with E-state index in [1.165, 1.54) is 36.4 Å². The summed E-state index contributed by atoms with van der Waals surface area (Å²) in [5.74, 6) is -2.77. The SMILES string of the molecule is Cc1ccc(C(=O)O)cc1-n1c(C)cc(/C=C2/C(=O)NC(=S)N(c3ccc(F)cc3)C2=O)c1C. The van der Waals surface area contributed by atoms with Gasteiger partial charge in [-0.1, -0.05) is 6.07 Å². The molecule has 0 aliphatic carbocycles. The second kappa shape index (κ2) is 8.68. The first-order valence-electron chi connectivity index (χ1n) is 10.3. The molecular weight excluding hydrogens is 457 g/mol. The molecule has 3 aromatic rings. The Morgan fingerprint density at radius 2 is 1.74 bits per heavy atom. The summed E-state index contributed by atoms with van der Waals surface area (Å²) in [5, 5.41) is 11.8. The van der Waals surface area contributed by atoms with Crippen molar-refractivity contribution < 1.29 is 23.9 Å². The zero-order chi connectivity index (χ0) is 24.7. The third-order valence-corrected chi connectivity index (χ3v) is 5.94. The van der Waals surface area contributed by atoms with Crippen LogP contribution >= 0.6 is 12.2 Å². The van der Waals surface area contributed by atoms with Crippen LogP contribution in [0.5, 0.6) is 0 Å². The van der Waals surface area contributed by atoms with Gasteiger partial charge in [0.1, 0.15) is 11.4 Å². The Morgan fingerprint density at radius 3 is 2.38 bits per heavy atom. The van der Waals surface area contributed by atoms with Gasteiger partial charge in [-0.3, -0.25) is 19.8 Å². The Kier molecular flexibility index (Phi) is 5.89. The highest BCUT2D eigenvalue weighted by Gasteiger charge is 2.34. The third-order valence-electron chi connectivity index (χ3n) is 5.65. The maximum absolute atomic E-state index is 13.3. The van der Waals surface area contributed by atoms with Crippen molar-refractivity contribution in [2.24, 2.45) is 0 Å². The molecule has 2 heterocycles. The van der Waals surface area contributed by atoms with Crippen LogP contribution in [-0.2, 0) is 9.59 Å². The van der Waals surface area contributed by atoms with Gasteiger partial charge in [0.05, 0.1) is 11.3 Å². The average Bonchev–Trinajstić information content (AvgIpc) is 3.05. The van der Waals surface area contributed by atoms with Gasteiger partial charge in [-0.15, -0.1) is 0 Å². The Balaban J connectivity index is 1.79. The van der Waals surface area contributed by atoms with E-state index in [1.807, 2.05) is 31.4 Å². The minimum Gasteiger partial charge on any atom is -0.478 e. The lowest BCUT2D eigenvalue weighted by Gasteiger charge is -2.28. The van der Waals surface area contributed by atoms with Gasteiger partial charge in [0.15, 0.2) is 5.11 Å². The Morgan fingerprint density at radius 1 is 1.06 bits per heavy atom. The Bertz CT molecular complexity index is 1410. The van der Waals surface area contributed by atoms with E-state index in [1.54, 1.807) is 12.1 Å². The molecule has 172 valence electrons. The summed E-state index contributed by atoms with van der Waals surface area (Å²) in [7, 11) is 0. The summed E-state index contributed by atoms with van der Waals surface area (Å²) in [6.45, 7) is 5.54. The Labute approximate surface area is 200 Å². The predicted molar refractivity (Wildman–Crippen MR) is 130 cm³/mol. The summed E-state index contributed by atoms with van der Waals surface area (Å²) < 4.78 is 15.2. The summed E-state index contributed by atoms with van der Waals surface area (Å²) >= 11 is 5.18. The van der Waals surface area contributed by atoms with E-state index in [0.29, 0.717) is 16.9 Å². The maximum atomic E-state index is 13.3. The monoisotopic (exact) mass is 477 g/mol. The summed E-state index contributed by atoms with van der Waals surface area (Å²) in [4.78, 5) is 38.5. The number of aromatic nitrogens is 1. The standard InChI is InChI=1S/C25H20FN3O4S/c1-13-4-5-16(24(32)33)12-21(13)28-14(2)10-17(15(28)3)11-20-22(30)27-25(34)29(23(20)31)19-8-6-18(26)7-9-19/h4-12H,1-3H3,(H,32,33)(H,27,30,34)/b20-11-. The molecule has 0 radical (unpaired) electrons. The van der Waals surface area contributed by atoms with Crippen molar-refractivity contribution in [3.8, 4) is 5.69 Å². The van der Waals surface area contributed by atoms with Gasteiger partial charge in [0.25, 0.3) is 11.8 Å². The number of carboxylic acids is 1. The lowest BCUT2D eigenvalue weighted by atomic mass is 10.1. The summed E-state index contributed by atoms with van der Waals surface area (Å²) in [6.07, 6.45) is 1.48. The van der Waals surface area contributed by atoms with Crippen LogP contribution in [-0.4, -0.2) is 32.6 Å². The zero-order valence-electron chi connectivity index (χ0n) is 18.5. The van der Waals surface area contributed by atoms with E-state index >= 15 is 0 Å². The highest BCUT2D eigenvalue weighted by atomic mass is 32.1. The van der Waals surface area contributed by atoms with Crippen molar-refractivity contribution in [1.29, 1.82) is 0 Å². The van der Waals surface area contributed by atoms with Crippen LogP contribution in [0.25, 0.3) is 11.8 Å². The molecule has 2 N–H and O–H groups in total. The number of benzene rings is 2. The van der Waals surface area contributed by atoms with Crippen LogP contribution in [0, 0.1) is 26.6 Å². The van der Waals surface area contributed by atoms with Crippen LogP contribution in [0.3, 0.4) is 0 Å². The lowest BCUT2D eigenvalue weighted by Crippen LogP contribution is -2.54. The number of halogens is 1. The average molecular weight is 478 g/mol. The first kappa shape index (κ1) is 23.1. The number of carbonyl (C=O) groups is 3. The van der Waals surface area contributed by atoms with Crippen molar-refractivity contribution in [2.75, 3.05) is 4.90 Å². The number of nitrogens with zero attached hydrogens (tertiary/aromatic N) is 2. The van der Waals surface area contributed by atoms with Crippen LogP contribution < -0.4 is 10.2 Å². The van der Waals surface area contributed by atoms with Crippen molar-refractivity contribution in [3.05, 3.63) is 88.0 Å². The van der Waals surface area contributed by atoms with Crippen molar-refractivity contribution >= 4 is 46.9 Å². The fourth-order valence-corrected chi connectivity index (χ4v) is 4.21. The predicted octanol–water partition coefficient (Wildman–Crippen LogP) is 4.07. The van der Waals surface area contributed by atoms with E-state index in [9.17, 15) is 23.9 Å². The summed E-state index contributed by atoms with van der Waals surface area (Å²) in [5.41, 5.74) is 4.03. The van der Waals surface area contributed by atoms with Crippen molar-refractivity contribution in [1.82, 2.24) is 9.88 Å². The van der Waals surface area contributed by atoms with Crippen molar-refractivity contribution in [2.45, 2.75) is 20.8 Å². The molecule has 0 unspecified atom stereocenters. The quantitative estimate of drug-likeness (QED) is 0.336. The number of anilines is 1. The molecule has 1 fully saturated rings. The fourth-order valence-electron chi connectivity index (χ4n) is 3.93. The summed E-state index contributed by atoms with van der Waals surface area (Å²) in [6, 6.07) is 11.9. The molecule has 0 atom stereocenters. The molecule has 1 aliphatic rings. The second-order valence-corrected chi connectivity index (χ2v) is 8.29. The van der Waals surface area contributed by atoms with E-state index in [4.69, 9.17) is 12.2 Å². The number of rotatable bonds is 4. The lowest BCUT2D eigenvalue weighted by molar-refractivity contribution is -0.122. The first-order valence-corrected chi connectivity index (χ1v) is 10.7. The maximum Gasteiger partial charge on any atom is 0.335 e. The molecular formula is C25H20FN3O4S. The minimum absolute atomic E-state index is 0.0923. The first-order chi connectivity index (χ1) is 16.1. The third kappa shape index (κ3) is 4.01. The number of hydrogen-bond acceptors (Lipinski definition) is 4. The minimum atomic E-state index is -1.03. The Hall–Kier alpha value is -4.11. The number of amides is 2. The molecule has 7 nitrogen and oxygen atoms in total. The van der Waals surface area contributed by atoms with Crippen LogP contribution in [0.2, 0.25) is 0 Å². The number of nitrogens with one attached hydrogen (secondary N) is 1. The number of thiocarbonyl (C=S) groups is 1. The highest BCUT2D eigenvalue weighted by molar-refractivity contribution is 7.80. The highest BCUT2D eigenvalue weighted by Crippen LogP contribution is 2.28. The molecule has 0 bridgehead atoms. The largest absolute Gasteiger partial charge is 0.478 e. The molecule has 2 amide bonds. The van der Waals surface area contributed by atoms with Gasteiger partial charge in [0, 0.05) is 17.1 Å². The number of carboxylic acid groups (broad SMARTS) is 1. The van der Waals surface area contributed by atoms with Crippen molar-refractivity contribution in [3.63, 3.8) is 0 Å². The zero-order valence-corrected chi connectivity index (χ0v) is 19.4. The molecule has 0 spiro atoms. The fraction of sp³-hybridized carbons (Fsp3) is 0.120. The van der Waals surface area contributed by atoms with E-state index in [2.05, 4.69) is 5.32 Å². The molecule has 2 aromatic carbocycles. The molecule has 0 saturated carbocycles. The van der Waals surface area contributed by atoms with Gasteiger partial charge in [-0.25, -0.2) is 9.18 Å². The van der Waals surface area contributed by atoms with Crippen LogP contribution in [0.4, 0.5) is 10.1 Å². The normalized spacial score (nSPS) is 15.1. The number of aryl methyl sites for hydroxylation is 2. The van der Waals surface area contributed by atoms with Crippen LogP contribution in [0.1, 0.15) is 32.9 Å². The topological polar surface area (TPSA) is 91.6 Å². The molecule has 34 heavy (non-hydrogen) atoms. The number of carbonyl (C=O) groups excluding carboxylic acids is 2. The smallest absolute Gasteiger partial charge is 0.335 e. The van der Waals surface area contributed by atoms with E-state index in [0.717, 1.165) is 21.9 Å². The molecule has 1 aromatic heterocycles. The molecule has 4 rings (SSSR count).